The summed E-state index contributed by atoms with van der Waals surface area (Å²) in [6.45, 7) is 8.79. The molecule has 0 amide bonds. The van der Waals surface area contributed by atoms with Crippen LogP contribution in [0.3, 0.4) is 0 Å². The van der Waals surface area contributed by atoms with E-state index in [4.69, 9.17) is 9.47 Å². The molecule has 5 nitrogen and oxygen atoms in total. The summed E-state index contributed by atoms with van der Waals surface area (Å²) in [6, 6.07) is 0. The van der Waals surface area contributed by atoms with Gasteiger partial charge in [0.1, 0.15) is 5.54 Å². The smallest absolute Gasteiger partial charge is 0.325 e. The second kappa shape index (κ2) is 8.60. The number of hydrogen-bond donors (Lipinski definition) is 1. The van der Waals surface area contributed by atoms with E-state index in [1.165, 1.54) is 13.5 Å². The molecule has 20 heavy (non-hydrogen) atoms. The summed E-state index contributed by atoms with van der Waals surface area (Å²) in [5, 5.41) is 3.33. The van der Waals surface area contributed by atoms with Crippen molar-refractivity contribution in [2.24, 2.45) is 5.92 Å². The van der Waals surface area contributed by atoms with Crippen LogP contribution in [0.5, 0.6) is 0 Å². The molecule has 0 aromatic heterocycles. The van der Waals surface area contributed by atoms with Crippen LogP contribution in [0.25, 0.3) is 0 Å². The summed E-state index contributed by atoms with van der Waals surface area (Å²) in [5.74, 6) is 0.464. The molecule has 0 aromatic rings. The van der Waals surface area contributed by atoms with Gasteiger partial charge in [0.25, 0.3) is 0 Å². The molecule has 2 unspecified atom stereocenters. The number of carbonyl (C=O) groups is 1. The Morgan fingerprint density at radius 3 is 2.80 bits per heavy atom. The number of methoxy groups -OCH3 is 2. The van der Waals surface area contributed by atoms with Gasteiger partial charge in [-0.25, -0.2) is 0 Å². The highest BCUT2D eigenvalue weighted by molar-refractivity contribution is 5.80. The molecule has 1 N–H and O–H groups in total. The number of nitrogens with zero attached hydrogens (tertiary/aromatic N) is 1. The van der Waals surface area contributed by atoms with E-state index < -0.39 is 5.54 Å². The highest BCUT2D eigenvalue weighted by atomic mass is 16.5. The van der Waals surface area contributed by atoms with Gasteiger partial charge in [0.05, 0.1) is 13.7 Å². The minimum atomic E-state index is -0.579. The van der Waals surface area contributed by atoms with Crippen molar-refractivity contribution in [1.29, 1.82) is 0 Å². The Labute approximate surface area is 123 Å². The van der Waals surface area contributed by atoms with Crippen LogP contribution in [-0.2, 0) is 14.3 Å². The topological polar surface area (TPSA) is 50.8 Å². The van der Waals surface area contributed by atoms with Crippen molar-refractivity contribution in [2.75, 3.05) is 47.0 Å². The molecule has 0 aliphatic carbocycles. The lowest BCUT2D eigenvalue weighted by Gasteiger charge is -2.30. The minimum absolute atomic E-state index is 0.168. The highest BCUT2D eigenvalue weighted by Gasteiger charge is 2.34. The quantitative estimate of drug-likeness (QED) is 0.647. The zero-order chi connectivity index (χ0) is 15.0. The number of hydrogen-bond acceptors (Lipinski definition) is 5. The molecule has 1 aliphatic heterocycles. The lowest BCUT2D eigenvalue weighted by molar-refractivity contribution is -0.148. The molecule has 1 fully saturated rings. The van der Waals surface area contributed by atoms with Crippen LogP contribution in [0.2, 0.25) is 0 Å². The van der Waals surface area contributed by atoms with E-state index in [2.05, 4.69) is 17.1 Å². The Morgan fingerprint density at radius 1 is 1.45 bits per heavy atom. The van der Waals surface area contributed by atoms with Crippen LogP contribution in [0.4, 0.5) is 0 Å². The van der Waals surface area contributed by atoms with Gasteiger partial charge in [-0.15, -0.1) is 0 Å². The summed E-state index contributed by atoms with van der Waals surface area (Å²) in [4.78, 5) is 14.4. The van der Waals surface area contributed by atoms with Crippen molar-refractivity contribution < 1.29 is 14.3 Å². The maximum absolute atomic E-state index is 12.0. The van der Waals surface area contributed by atoms with Gasteiger partial charge in [0, 0.05) is 20.2 Å². The van der Waals surface area contributed by atoms with Crippen LogP contribution in [0.15, 0.2) is 0 Å². The zero-order valence-electron chi connectivity index (χ0n) is 13.4. The first-order chi connectivity index (χ1) is 9.55. The Kier molecular flexibility index (Phi) is 7.48. The Balaban J connectivity index is 2.44. The number of carbonyl (C=O) groups excluding carboxylic acids is 1. The molecule has 2 atom stereocenters. The van der Waals surface area contributed by atoms with Gasteiger partial charge < -0.3 is 19.7 Å². The van der Waals surface area contributed by atoms with Crippen LogP contribution in [0, 0.1) is 5.92 Å². The second-order valence-electron chi connectivity index (χ2n) is 5.91. The van der Waals surface area contributed by atoms with E-state index in [-0.39, 0.29) is 5.97 Å². The first-order valence-corrected chi connectivity index (χ1v) is 7.60. The molecule has 0 aromatic carbocycles. The molecule has 0 radical (unpaired) electrons. The van der Waals surface area contributed by atoms with E-state index in [1.807, 2.05) is 6.92 Å². The van der Waals surface area contributed by atoms with Crippen molar-refractivity contribution in [2.45, 2.75) is 38.6 Å². The summed E-state index contributed by atoms with van der Waals surface area (Å²) < 4.78 is 10.2. The molecule has 0 spiro atoms. The van der Waals surface area contributed by atoms with Gasteiger partial charge in [-0.1, -0.05) is 6.92 Å². The van der Waals surface area contributed by atoms with Crippen LogP contribution in [0.1, 0.15) is 33.1 Å². The van der Waals surface area contributed by atoms with Crippen molar-refractivity contribution in [3.05, 3.63) is 0 Å². The third kappa shape index (κ3) is 5.04. The number of rotatable bonds is 9. The van der Waals surface area contributed by atoms with Crippen molar-refractivity contribution in [1.82, 2.24) is 10.2 Å². The summed E-state index contributed by atoms with van der Waals surface area (Å²) in [6.07, 6.45) is 2.97. The van der Waals surface area contributed by atoms with Crippen LogP contribution in [-0.4, -0.2) is 63.4 Å². The monoisotopic (exact) mass is 286 g/mol. The molecule has 118 valence electrons. The average Bonchev–Trinajstić information content (AvgIpc) is 2.90. The van der Waals surface area contributed by atoms with E-state index >= 15 is 0 Å². The zero-order valence-corrected chi connectivity index (χ0v) is 13.4. The lowest BCUT2D eigenvalue weighted by atomic mass is 9.97. The fourth-order valence-electron chi connectivity index (χ4n) is 2.76. The Morgan fingerprint density at radius 2 is 2.20 bits per heavy atom. The first kappa shape index (κ1) is 17.4. The fraction of sp³-hybridized carbons (Fsp3) is 0.933. The van der Waals surface area contributed by atoms with E-state index in [0.717, 1.165) is 45.6 Å². The van der Waals surface area contributed by atoms with Gasteiger partial charge in [-0.2, -0.15) is 0 Å². The number of ether oxygens (including phenoxy) is 2. The fourth-order valence-corrected chi connectivity index (χ4v) is 2.76. The van der Waals surface area contributed by atoms with E-state index in [1.54, 1.807) is 7.11 Å². The van der Waals surface area contributed by atoms with E-state index in [9.17, 15) is 4.79 Å². The highest BCUT2D eigenvalue weighted by Crippen LogP contribution is 2.19. The predicted molar refractivity (Wildman–Crippen MR) is 79.8 cm³/mol. The maximum atomic E-state index is 12.0. The second-order valence-corrected chi connectivity index (χ2v) is 5.91. The van der Waals surface area contributed by atoms with Crippen LogP contribution < -0.4 is 5.32 Å². The third-order valence-electron chi connectivity index (χ3n) is 4.10. The Bertz CT molecular complexity index is 299. The molecule has 1 saturated heterocycles. The summed E-state index contributed by atoms with van der Waals surface area (Å²) in [7, 11) is 3.21. The standard InChI is InChI=1S/C15H30N2O3/c1-5-8-16-15(2,14(18)20-4)7-10-17-9-6-13(11-17)12-19-3/h13,16H,5-12H2,1-4H3. The average molecular weight is 286 g/mol. The molecule has 0 saturated carbocycles. The van der Waals surface area contributed by atoms with Gasteiger partial charge >= 0.3 is 5.97 Å². The van der Waals surface area contributed by atoms with Crippen LogP contribution >= 0.6 is 0 Å². The van der Waals surface area contributed by atoms with Gasteiger partial charge in [-0.05, 0) is 45.2 Å². The van der Waals surface area contributed by atoms with Gasteiger partial charge in [-0.3, -0.25) is 4.79 Å². The summed E-state index contributed by atoms with van der Waals surface area (Å²) >= 11 is 0. The molecule has 5 heteroatoms. The molecular formula is C15H30N2O3. The number of likely N-dealkylation sites (tertiary alicyclic amines) is 1. The Hall–Kier alpha value is -0.650. The van der Waals surface area contributed by atoms with Crippen molar-refractivity contribution in [3.63, 3.8) is 0 Å². The minimum Gasteiger partial charge on any atom is -0.468 e. The SMILES string of the molecule is CCCNC(C)(CCN1CCC(COC)C1)C(=O)OC. The van der Waals surface area contributed by atoms with Gasteiger partial charge in [0.2, 0.25) is 0 Å². The number of nitrogens with one attached hydrogen (secondary N) is 1. The van der Waals surface area contributed by atoms with E-state index in [0.29, 0.717) is 5.92 Å². The molecule has 1 heterocycles. The largest absolute Gasteiger partial charge is 0.468 e. The normalized spacial score (nSPS) is 22.7. The molecular weight excluding hydrogens is 256 g/mol. The molecule has 0 bridgehead atoms. The maximum Gasteiger partial charge on any atom is 0.325 e. The first-order valence-electron chi connectivity index (χ1n) is 7.60. The van der Waals surface area contributed by atoms with Crippen molar-refractivity contribution in [3.8, 4) is 0 Å². The number of esters is 1. The van der Waals surface area contributed by atoms with Crippen molar-refractivity contribution >= 4 is 5.97 Å². The predicted octanol–water partition coefficient (Wildman–Crippen LogP) is 1.28. The van der Waals surface area contributed by atoms with Gasteiger partial charge in [0.15, 0.2) is 0 Å². The third-order valence-corrected chi connectivity index (χ3v) is 4.10. The lowest BCUT2D eigenvalue weighted by Crippen LogP contribution is -2.52. The molecule has 1 rings (SSSR count). The summed E-state index contributed by atoms with van der Waals surface area (Å²) in [5.41, 5.74) is -0.579. The molecule has 1 aliphatic rings.